The van der Waals surface area contributed by atoms with Crippen LogP contribution in [-0.4, -0.2) is 22.8 Å². The molecule has 0 bridgehead atoms. The highest BCUT2D eigenvalue weighted by atomic mass is 32.1. The Morgan fingerprint density at radius 3 is 2.64 bits per heavy atom. The van der Waals surface area contributed by atoms with E-state index in [2.05, 4.69) is 5.32 Å². The summed E-state index contributed by atoms with van der Waals surface area (Å²) >= 11 is 1.25. The van der Waals surface area contributed by atoms with Crippen LogP contribution in [0.3, 0.4) is 0 Å². The average molecular weight is 398 g/mol. The maximum Gasteiger partial charge on any atom is 0.291 e. The topological polar surface area (TPSA) is 62.6 Å². The quantitative estimate of drug-likeness (QED) is 0.646. The number of anilines is 1. The number of halogens is 1. The summed E-state index contributed by atoms with van der Waals surface area (Å²) in [4.78, 5) is 27.8. The van der Waals surface area contributed by atoms with Gasteiger partial charge in [-0.3, -0.25) is 9.59 Å². The van der Waals surface area contributed by atoms with Gasteiger partial charge in [0.2, 0.25) is 0 Å². The number of hydrogen-bond donors (Lipinski definition) is 1. The first-order chi connectivity index (χ1) is 13.5. The van der Waals surface area contributed by atoms with E-state index in [-0.39, 0.29) is 29.4 Å². The molecule has 4 rings (SSSR count). The van der Waals surface area contributed by atoms with Crippen LogP contribution in [0, 0.1) is 12.7 Å². The van der Waals surface area contributed by atoms with Crippen molar-refractivity contribution in [2.45, 2.75) is 32.4 Å². The summed E-state index contributed by atoms with van der Waals surface area (Å²) in [5.41, 5.74) is 1.71. The fraction of sp³-hybridized carbons (Fsp3) is 0.238. The second-order valence-electron chi connectivity index (χ2n) is 6.84. The zero-order chi connectivity index (χ0) is 19.7. The van der Waals surface area contributed by atoms with Crippen LogP contribution < -0.4 is 5.32 Å². The molecule has 0 spiro atoms. The number of aryl methyl sites for hydroxylation is 1. The van der Waals surface area contributed by atoms with E-state index in [1.807, 2.05) is 11.8 Å². The number of nitrogens with zero attached hydrogens (tertiary/aromatic N) is 1. The Morgan fingerprint density at radius 2 is 2.00 bits per heavy atom. The van der Waals surface area contributed by atoms with Gasteiger partial charge in [-0.1, -0.05) is 12.1 Å². The summed E-state index contributed by atoms with van der Waals surface area (Å²) in [5, 5.41) is 3.37. The first-order valence-electron chi connectivity index (χ1n) is 9.02. The number of thiophene rings is 1. The molecule has 28 heavy (non-hydrogen) atoms. The maximum absolute atomic E-state index is 13.2. The largest absolute Gasteiger partial charge is 0.459 e. The molecule has 0 radical (unpaired) electrons. The summed E-state index contributed by atoms with van der Waals surface area (Å²) in [6, 6.07) is 11.4. The second-order valence-corrected chi connectivity index (χ2v) is 7.90. The lowest BCUT2D eigenvalue weighted by molar-refractivity contribution is 0.0734. The van der Waals surface area contributed by atoms with Gasteiger partial charge < -0.3 is 14.6 Å². The van der Waals surface area contributed by atoms with Gasteiger partial charge in [-0.25, -0.2) is 4.39 Å². The highest BCUT2D eigenvalue weighted by Gasteiger charge is 2.34. The summed E-state index contributed by atoms with van der Waals surface area (Å²) < 4.78 is 18.3. The van der Waals surface area contributed by atoms with Crippen molar-refractivity contribution in [1.82, 2.24) is 4.90 Å². The van der Waals surface area contributed by atoms with Crippen molar-refractivity contribution in [2.75, 3.05) is 5.32 Å². The van der Waals surface area contributed by atoms with E-state index in [0.29, 0.717) is 16.4 Å². The number of rotatable bonds is 6. The maximum atomic E-state index is 13.2. The van der Waals surface area contributed by atoms with Crippen molar-refractivity contribution in [1.29, 1.82) is 0 Å². The molecule has 2 amide bonds. The van der Waals surface area contributed by atoms with Crippen LogP contribution >= 0.6 is 11.3 Å². The number of carbonyl (C=O) groups is 2. The minimum atomic E-state index is -0.351. The SMILES string of the molecule is Cc1cc(NC(=O)c2ccco2)sc1C(=O)N(Cc1ccc(F)cc1)C1CC1. The number of benzene rings is 1. The van der Waals surface area contributed by atoms with Crippen molar-refractivity contribution < 1.29 is 18.4 Å². The first kappa shape index (κ1) is 18.4. The molecule has 1 fully saturated rings. The monoisotopic (exact) mass is 398 g/mol. The highest BCUT2D eigenvalue weighted by Crippen LogP contribution is 2.34. The Hall–Kier alpha value is -2.93. The molecule has 144 valence electrons. The Kier molecular flexibility index (Phi) is 5.00. The summed E-state index contributed by atoms with van der Waals surface area (Å²) in [6.07, 6.45) is 3.38. The van der Waals surface area contributed by atoms with E-state index < -0.39 is 0 Å². The second kappa shape index (κ2) is 7.59. The molecular formula is C21H19FN2O3S. The van der Waals surface area contributed by atoms with E-state index in [9.17, 15) is 14.0 Å². The van der Waals surface area contributed by atoms with Gasteiger partial charge in [0.1, 0.15) is 5.82 Å². The number of hydrogen-bond acceptors (Lipinski definition) is 4. The molecule has 0 unspecified atom stereocenters. The number of carbonyl (C=O) groups excluding carboxylic acids is 2. The molecule has 1 N–H and O–H groups in total. The lowest BCUT2D eigenvalue weighted by atomic mass is 10.2. The van der Waals surface area contributed by atoms with Crippen LogP contribution in [0.1, 0.15) is 44.2 Å². The zero-order valence-electron chi connectivity index (χ0n) is 15.3. The van der Waals surface area contributed by atoms with Gasteiger partial charge in [0.25, 0.3) is 11.8 Å². The van der Waals surface area contributed by atoms with Crippen LogP contribution in [0.4, 0.5) is 9.39 Å². The van der Waals surface area contributed by atoms with Crippen LogP contribution in [0.25, 0.3) is 0 Å². The van der Waals surface area contributed by atoms with E-state index >= 15 is 0 Å². The minimum Gasteiger partial charge on any atom is -0.459 e. The molecule has 1 aromatic carbocycles. The smallest absolute Gasteiger partial charge is 0.291 e. The van der Waals surface area contributed by atoms with Gasteiger partial charge >= 0.3 is 0 Å². The number of amides is 2. The van der Waals surface area contributed by atoms with Crippen LogP contribution in [0.5, 0.6) is 0 Å². The third kappa shape index (κ3) is 3.99. The predicted octanol–water partition coefficient (Wildman–Crippen LogP) is 4.85. The number of nitrogens with one attached hydrogen (secondary N) is 1. The lowest BCUT2D eigenvalue weighted by Gasteiger charge is -2.22. The van der Waals surface area contributed by atoms with Gasteiger partial charge in [-0.2, -0.15) is 0 Å². The van der Waals surface area contributed by atoms with E-state index in [4.69, 9.17) is 4.42 Å². The fourth-order valence-electron chi connectivity index (χ4n) is 3.01. The molecule has 0 atom stereocenters. The Bertz CT molecular complexity index is 991. The number of furan rings is 1. The molecule has 3 aromatic rings. The molecule has 2 heterocycles. The van der Waals surface area contributed by atoms with Gasteiger partial charge in [-0.15, -0.1) is 11.3 Å². The molecule has 2 aromatic heterocycles. The van der Waals surface area contributed by atoms with Crippen molar-refractivity contribution in [3.05, 3.63) is 76.3 Å². The molecule has 1 aliphatic rings. The van der Waals surface area contributed by atoms with Crippen molar-refractivity contribution in [2.24, 2.45) is 0 Å². The molecule has 0 aliphatic heterocycles. The minimum absolute atomic E-state index is 0.0622. The Labute approximate surface area is 165 Å². The third-order valence-corrected chi connectivity index (χ3v) is 5.75. The average Bonchev–Trinajstić information content (AvgIpc) is 3.22. The van der Waals surface area contributed by atoms with E-state index in [0.717, 1.165) is 24.0 Å². The van der Waals surface area contributed by atoms with Gasteiger partial charge in [0.05, 0.1) is 16.1 Å². The van der Waals surface area contributed by atoms with Crippen LogP contribution in [-0.2, 0) is 6.54 Å². The van der Waals surface area contributed by atoms with Gasteiger partial charge in [0, 0.05) is 12.6 Å². The highest BCUT2D eigenvalue weighted by molar-refractivity contribution is 7.18. The summed E-state index contributed by atoms with van der Waals surface area (Å²) in [5.74, 6) is -0.489. The molecule has 7 heteroatoms. The molecule has 1 saturated carbocycles. The standard InChI is InChI=1S/C21H19FN2O3S/c1-13-11-18(23-20(25)17-3-2-10-27-17)28-19(13)21(26)24(16-8-9-16)12-14-4-6-15(22)7-5-14/h2-7,10-11,16H,8-9,12H2,1H3,(H,23,25). The van der Waals surface area contributed by atoms with Crippen molar-refractivity contribution in [3.63, 3.8) is 0 Å². The Morgan fingerprint density at radius 1 is 1.25 bits per heavy atom. The molecule has 5 nitrogen and oxygen atoms in total. The first-order valence-corrected chi connectivity index (χ1v) is 9.83. The molecule has 1 aliphatic carbocycles. The third-order valence-electron chi connectivity index (χ3n) is 4.61. The van der Waals surface area contributed by atoms with Gasteiger partial charge in [0.15, 0.2) is 5.76 Å². The predicted molar refractivity (Wildman–Crippen MR) is 105 cm³/mol. The van der Waals surface area contributed by atoms with E-state index in [1.54, 1.807) is 30.3 Å². The van der Waals surface area contributed by atoms with Crippen molar-refractivity contribution in [3.8, 4) is 0 Å². The van der Waals surface area contributed by atoms with E-state index in [1.165, 1.54) is 29.7 Å². The van der Waals surface area contributed by atoms with Crippen LogP contribution in [0.15, 0.2) is 53.1 Å². The van der Waals surface area contributed by atoms with Gasteiger partial charge in [-0.05, 0) is 61.2 Å². The Balaban J connectivity index is 1.51. The normalized spacial score (nSPS) is 13.4. The molecule has 0 saturated heterocycles. The zero-order valence-corrected chi connectivity index (χ0v) is 16.1. The summed E-state index contributed by atoms with van der Waals surface area (Å²) in [7, 11) is 0. The fourth-order valence-corrected chi connectivity index (χ4v) is 4.03. The summed E-state index contributed by atoms with van der Waals surface area (Å²) in [6.45, 7) is 2.30. The van der Waals surface area contributed by atoms with Crippen LogP contribution in [0.2, 0.25) is 0 Å². The van der Waals surface area contributed by atoms with Crippen molar-refractivity contribution >= 4 is 28.2 Å². The molecular weight excluding hydrogens is 379 g/mol. The lowest BCUT2D eigenvalue weighted by Crippen LogP contribution is -2.32.